The van der Waals surface area contributed by atoms with Gasteiger partial charge in [-0.2, -0.15) is 0 Å². The maximum absolute atomic E-state index is 12.6. The highest BCUT2D eigenvalue weighted by molar-refractivity contribution is 9.10. The van der Waals surface area contributed by atoms with Gasteiger partial charge in [-0.3, -0.25) is 4.79 Å². The number of halogens is 1. The van der Waals surface area contributed by atoms with E-state index >= 15 is 0 Å². The fourth-order valence-corrected chi connectivity index (χ4v) is 3.58. The first kappa shape index (κ1) is 18.3. The van der Waals surface area contributed by atoms with Crippen LogP contribution in [0, 0.1) is 12.8 Å². The number of likely N-dealkylation sites (tertiary alicyclic amines) is 1. The molecule has 1 amide bonds. The van der Waals surface area contributed by atoms with Crippen molar-refractivity contribution in [2.75, 3.05) is 26.7 Å². The van der Waals surface area contributed by atoms with Gasteiger partial charge < -0.3 is 15.0 Å². The van der Waals surface area contributed by atoms with Gasteiger partial charge in [0.05, 0.1) is 4.47 Å². The first-order valence-electron chi connectivity index (χ1n) is 8.37. The molecule has 0 aliphatic carbocycles. The highest BCUT2D eigenvalue weighted by Crippen LogP contribution is 2.27. The van der Waals surface area contributed by atoms with E-state index in [9.17, 15) is 4.79 Å². The SMILES string of the molecule is CNCCC1CCN(C(=O)C(C)Oc2ccc(C)cc2Br)CC1. The standard InChI is InChI=1S/C18H27BrN2O2/c1-13-4-5-17(16(19)12-13)23-14(2)18(22)21-10-7-15(8-11-21)6-9-20-3/h4-5,12,14-15,20H,6-11H2,1-3H3. The Balaban J connectivity index is 1.85. The number of carbonyl (C=O) groups is 1. The van der Waals surface area contributed by atoms with Crippen LogP contribution in [0.25, 0.3) is 0 Å². The number of ether oxygens (including phenoxy) is 1. The van der Waals surface area contributed by atoms with E-state index < -0.39 is 6.10 Å². The third-order valence-corrected chi connectivity index (χ3v) is 5.09. The van der Waals surface area contributed by atoms with Crippen molar-refractivity contribution in [2.24, 2.45) is 5.92 Å². The van der Waals surface area contributed by atoms with Gasteiger partial charge in [-0.25, -0.2) is 0 Å². The molecule has 128 valence electrons. The van der Waals surface area contributed by atoms with E-state index in [-0.39, 0.29) is 5.91 Å². The van der Waals surface area contributed by atoms with Crippen LogP contribution in [0.4, 0.5) is 0 Å². The van der Waals surface area contributed by atoms with Crippen LogP contribution in [-0.4, -0.2) is 43.6 Å². The lowest BCUT2D eigenvalue weighted by Crippen LogP contribution is -2.45. The van der Waals surface area contributed by atoms with Gasteiger partial charge >= 0.3 is 0 Å². The lowest BCUT2D eigenvalue weighted by Gasteiger charge is -2.33. The molecule has 1 unspecified atom stereocenters. The van der Waals surface area contributed by atoms with Crippen LogP contribution in [0.5, 0.6) is 5.75 Å². The van der Waals surface area contributed by atoms with Crippen molar-refractivity contribution in [1.82, 2.24) is 10.2 Å². The molecule has 1 saturated heterocycles. The second-order valence-electron chi connectivity index (χ2n) is 6.35. The van der Waals surface area contributed by atoms with Crippen LogP contribution in [0.2, 0.25) is 0 Å². The largest absolute Gasteiger partial charge is 0.480 e. The van der Waals surface area contributed by atoms with Crippen molar-refractivity contribution in [3.05, 3.63) is 28.2 Å². The molecule has 23 heavy (non-hydrogen) atoms. The van der Waals surface area contributed by atoms with Crippen LogP contribution < -0.4 is 10.1 Å². The molecule has 0 spiro atoms. The Kier molecular flexibility index (Phi) is 6.90. The summed E-state index contributed by atoms with van der Waals surface area (Å²) in [5.74, 6) is 1.54. The van der Waals surface area contributed by atoms with E-state index in [1.165, 1.54) is 6.42 Å². The van der Waals surface area contributed by atoms with E-state index in [1.54, 1.807) is 0 Å². The van der Waals surface area contributed by atoms with E-state index in [2.05, 4.69) is 21.2 Å². The molecule has 1 N–H and O–H groups in total. The Bertz CT molecular complexity index is 528. The van der Waals surface area contributed by atoms with Crippen LogP contribution in [0.3, 0.4) is 0 Å². The normalized spacial score (nSPS) is 17.1. The number of piperidine rings is 1. The summed E-state index contributed by atoms with van der Waals surface area (Å²) in [6.45, 7) is 6.61. The molecule has 1 aliphatic rings. The Hall–Kier alpha value is -1.07. The van der Waals surface area contributed by atoms with Gasteiger partial charge in [0.1, 0.15) is 5.75 Å². The molecule has 2 rings (SSSR count). The fourth-order valence-electron chi connectivity index (χ4n) is 2.99. The molecule has 1 aliphatic heterocycles. The van der Waals surface area contributed by atoms with Crippen molar-refractivity contribution in [3.63, 3.8) is 0 Å². The molecule has 1 aromatic carbocycles. The molecule has 1 atom stereocenters. The summed E-state index contributed by atoms with van der Waals surface area (Å²) < 4.78 is 6.75. The van der Waals surface area contributed by atoms with Crippen molar-refractivity contribution in [3.8, 4) is 5.75 Å². The smallest absolute Gasteiger partial charge is 0.263 e. The highest BCUT2D eigenvalue weighted by Gasteiger charge is 2.27. The summed E-state index contributed by atoms with van der Waals surface area (Å²) in [4.78, 5) is 14.5. The van der Waals surface area contributed by atoms with Crippen LogP contribution in [0.1, 0.15) is 31.7 Å². The van der Waals surface area contributed by atoms with Crippen LogP contribution in [0.15, 0.2) is 22.7 Å². The minimum absolute atomic E-state index is 0.0875. The molecule has 0 aromatic heterocycles. The molecule has 1 heterocycles. The number of aryl methyl sites for hydroxylation is 1. The zero-order valence-corrected chi connectivity index (χ0v) is 15.9. The molecule has 4 nitrogen and oxygen atoms in total. The summed E-state index contributed by atoms with van der Waals surface area (Å²) in [6, 6.07) is 5.90. The van der Waals surface area contributed by atoms with E-state index in [1.807, 2.05) is 44.0 Å². The number of nitrogens with one attached hydrogen (secondary N) is 1. The Morgan fingerprint density at radius 3 is 2.74 bits per heavy atom. The summed E-state index contributed by atoms with van der Waals surface area (Å²) >= 11 is 3.50. The summed E-state index contributed by atoms with van der Waals surface area (Å²) in [6.07, 6.45) is 2.92. The van der Waals surface area contributed by atoms with Crippen molar-refractivity contribution in [1.29, 1.82) is 0 Å². The number of amides is 1. The molecule has 0 saturated carbocycles. The molecule has 0 bridgehead atoms. The molecule has 0 radical (unpaired) electrons. The number of hydrogen-bond donors (Lipinski definition) is 1. The Morgan fingerprint density at radius 2 is 2.13 bits per heavy atom. The van der Waals surface area contributed by atoms with Crippen LogP contribution >= 0.6 is 15.9 Å². The number of rotatable bonds is 6. The van der Waals surface area contributed by atoms with E-state index in [0.717, 1.165) is 54.2 Å². The van der Waals surface area contributed by atoms with Gasteiger partial charge in [-0.1, -0.05) is 6.07 Å². The van der Waals surface area contributed by atoms with Gasteiger partial charge in [0.25, 0.3) is 5.91 Å². The summed E-state index contributed by atoms with van der Waals surface area (Å²) in [5.41, 5.74) is 1.16. The van der Waals surface area contributed by atoms with Gasteiger partial charge in [0.15, 0.2) is 6.10 Å². The lowest BCUT2D eigenvalue weighted by molar-refractivity contribution is -0.139. The zero-order valence-electron chi connectivity index (χ0n) is 14.3. The lowest BCUT2D eigenvalue weighted by atomic mass is 9.93. The fraction of sp³-hybridized carbons (Fsp3) is 0.611. The number of benzene rings is 1. The van der Waals surface area contributed by atoms with Gasteiger partial charge in [0.2, 0.25) is 0 Å². The maximum atomic E-state index is 12.6. The predicted octanol–water partition coefficient (Wildman–Crippen LogP) is 3.37. The molecular formula is C18H27BrN2O2. The molecule has 1 fully saturated rings. The third-order valence-electron chi connectivity index (χ3n) is 4.47. The van der Waals surface area contributed by atoms with Crippen molar-refractivity contribution >= 4 is 21.8 Å². The average Bonchev–Trinajstić information content (AvgIpc) is 2.55. The van der Waals surface area contributed by atoms with Gasteiger partial charge in [0, 0.05) is 13.1 Å². The van der Waals surface area contributed by atoms with E-state index in [4.69, 9.17) is 4.74 Å². The van der Waals surface area contributed by atoms with Crippen LogP contribution in [-0.2, 0) is 4.79 Å². The maximum Gasteiger partial charge on any atom is 0.263 e. The number of carbonyl (C=O) groups excluding carboxylic acids is 1. The van der Waals surface area contributed by atoms with Gasteiger partial charge in [-0.05, 0) is 86.2 Å². The van der Waals surface area contributed by atoms with E-state index in [0.29, 0.717) is 0 Å². The summed E-state index contributed by atoms with van der Waals surface area (Å²) in [5, 5.41) is 3.20. The van der Waals surface area contributed by atoms with Gasteiger partial charge in [-0.15, -0.1) is 0 Å². The highest BCUT2D eigenvalue weighted by atomic mass is 79.9. The Labute approximate surface area is 147 Å². The van der Waals surface area contributed by atoms with Crippen molar-refractivity contribution in [2.45, 2.75) is 39.2 Å². The monoisotopic (exact) mass is 382 g/mol. The number of hydrogen-bond acceptors (Lipinski definition) is 3. The molecule has 1 aromatic rings. The predicted molar refractivity (Wildman–Crippen MR) is 96.8 cm³/mol. The number of nitrogens with zero attached hydrogens (tertiary/aromatic N) is 1. The zero-order chi connectivity index (χ0) is 16.8. The average molecular weight is 383 g/mol. The minimum Gasteiger partial charge on any atom is -0.480 e. The summed E-state index contributed by atoms with van der Waals surface area (Å²) in [7, 11) is 1.99. The minimum atomic E-state index is -0.456. The van der Waals surface area contributed by atoms with Crippen molar-refractivity contribution < 1.29 is 9.53 Å². The molecule has 5 heteroatoms. The second kappa shape index (κ2) is 8.69. The molecular weight excluding hydrogens is 356 g/mol. The first-order valence-corrected chi connectivity index (χ1v) is 9.16. The first-order chi connectivity index (χ1) is 11.0. The second-order valence-corrected chi connectivity index (χ2v) is 7.21. The third kappa shape index (κ3) is 5.21. The Morgan fingerprint density at radius 1 is 1.43 bits per heavy atom. The quantitative estimate of drug-likeness (QED) is 0.819. The topological polar surface area (TPSA) is 41.6 Å².